The van der Waals surface area contributed by atoms with Gasteiger partial charge in [0.1, 0.15) is 41.1 Å². The number of hydrogen-bond donors (Lipinski definition) is 7. The molecule has 23 heteroatoms. The van der Waals surface area contributed by atoms with Crippen molar-refractivity contribution in [3.8, 4) is 0 Å². The van der Waals surface area contributed by atoms with Gasteiger partial charge in [0.25, 0.3) is 0 Å². The van der Waals surface area contributed by atoms with Crippen LogP contribution in [0, 0.1) is 0 Å². The second-order valence-electron chi connectivity index (χ2n) is 15.0. The zero-order chi connectivity index (χ0) is 44.1. The minimum Gasteiger partial charge on any atom is -0.397 e. The third-order valence-corrected chi connectivity index (χ3v) is 11.3. The van der Waals surface area contributed by atoms with Gasteiger partial charge in [-0.2, -0.15) is 0 Å². The molecule has 0 aliphatic carbocycles. The summed E-state index contributed by atoms with van der Waals surface area (Å²) >= 11 is 0. The van der Waals surface area contributed by atoms with E-state index in [9.17, 15) is 9.50 Å². The molecule has 22 nitrogen and oxygen atoms in total. The molecule has 3 aliphatic heterocycles. The Kier molecular flexibility index (Phi) is 14.4. The number of alkyl halides is 1. The van der Waals surface area contributed by atoms with Crippen molar-refractivity contribution >= 4 is 50.6 Å². The summed E-state index contributed by atoms with van der Waals surface area (Å²) in [5.74, 6) is 0. The number of pyridine rings is 3. The zero-order valence-electron chi connectivity index (χ0n) is 35.4. The van der Waals surface area contributed by atoms with Gasteiger partial charge in [0, 0.05) is 52.4 Å². The quantitative estimate of drug-likeness (QED) is 0.0883. The number of hydrogen-bond acceptors (Lipinski definition) is 19. The molecule has 0 amide bonds. The minimum atomic E-state index is -1.24. The molecular weight excluding hydrogens is 810 g/mol. The van der Waals surface area contributed by atoms with E-state index < -0.39 is 30.8 Å². The first-order valence-corrected chi connectivity index (χ1v) is 20.1. The van der Waals surface area contributed by atoms with Crippen LogP contribution in [0.1, 0.15) is 25.1 Å². The van der Waals surface area contributed by atoms with Crippen LogP contribution in [0.15, 0.2) is 55.8 Å². The highest BCUT2D eigenvalue weighted by Crippen LogP contribution is 2.35. The van der Waals surface area contributed by atoms with Crippen molar-refractivity contribution in [2.45, 2.75) is 73.8 Å². The van der Waals surface area contributed by atoms with Crippen molar-refractivity contribution in [1.82, 2.24) is 59.6 Å². The number of aliphatic hydroxyl groups is 1. The Balaban J connectivity index is 0.000000140. The molecule has 6 aromatic rings. The Labute approximate surface area is 356 Å². The van der Waals surface area contributed by atoms with Crippen LogP contribution in [-0.4, -0.2) is 160 Å². The molecule has 62 heavy (non-hydrogen) atoms. The third-order valence-electron chi connectivity index (χ3n) is 11.3. The molecule has 3 saturated heterocycles. The van der Waals surface area contributed by atoms with Crippen LogP contribution in [0.4, 0.5) is 21.5 Å². The van der Waals surface area contributed by atoms with Gasteiger partial charge in [0.15, 0.2) is 35.6 Å². The van der Waals surface area contributed by atoms with E-state index in [0.29, 0.717) is 64.7 Å². The van der Waals surface area contributed by atoms with Crippen LogP contribution in [0.3, 0.4) is 0 Å². The maximum absolute atomic E-state index is 14.7. The molecule has 2 unspecified atom stereocenters. The normalized spacial score (nSPS) is 28.4. The number of nitrogen functional groups attached to an aromatic ring is 3. The van der Waals surface area contributed by atoms with E-state index in [-0.39, 0.29) is 36.6 Å². The average Bonchev–Trinajstić information content (AvgIpc) is 4.13. The summed E-state index contributed by atoms with van der Waals surface area (Å²) in [6.07, 6.45) is 6.46. The molecule has 0 radical (unpaired) electrons. The number of aliphatic hydroxyl groups excluding tert-OH is 1. The molecule has 9 heterocycles. The van der Waals surface area contributed by atoms with Crippen LogP contribution >= 0.6 is 0 Å². The summed E-state index contributed by atoms with van der Waals surface area (Å²) in [5, 5.41) is 19.8. The highest BCUT2D eigenvalue weighted by Gasteiger charge is 2.46. The molecule has 3 fully saturated rings. The maximum atomic E-state index is 14.7. The summed E-state index contributed by atoms with van der Waals surface area (Å²) in [6.45, 7) is 1.26. The molecule has 6 aromatic heterocycles. The van der Waals surface area contributed by atoms with E-state index in [0.717, 1.165) is 12.1 Å². The SMILES string of the molecule is CNC1C(O)[C@H](n2cnc3c(N)ccnc32)O[C@@H]1COC.CN[C@H]1C[C@H](n2cnc3c(N)ccnc32)O[C@@H]1COC.CN[C@H]1[C@H](F)[C@H](n2cnc3c(N)ccnc32)O[C@@H]1COC. The van der Waals surface area contributed by atoms with E-state index >= 15 is 0 Å². The molecule has 11 atom stereocenters. The van der Waals surface area contributed by atoms with Gasteiger partial charge < -0.3 is 66.7 Å². The maximum Gasteiger partial charge on any atom is 0.170 e. The zero-order valence-corrected chi connectivity index (χ0v) is 35.4. The van der Waals surface area contributed by atoms with Gasteiger partial charge in [-0.05, 0) is 39.3 Å². The van der Waals surface area contributed by atoms with E-state index in [4.69, 9.17) is 45.6 Å². The molecule has 0 saturated carbocycles. The van der Waals surface area contributed by atoms with E-state index in [1.165, 1.54) is 6.33 Å². The molecule has 10 N–H and O–H groups in total. The lowest BCUT2D eigenvalue weighted by Gasteiger charge is -2.18. The number of halogens is 1. The van der Waals surface area contributed by atoms with Gasteiger partial charge in [-0.1, -0.05) is 0 Å². The van der Waals surface area contributed by atoms with Crippen molar-refractivity contribution in [2.75, 3.05) is 79.5 Å². The van der Waals surface area contributed by atoms with E-state index in [2.05, 4.69) is 45.9 Å². The molecule has 0 bridgehead atoms. The number of nitrogens with one attached hydrogen (secondary N) is 3. The number of likely N-dealkylation sites (N-methyl/N-ethyl adjacent to an activating group) is 3. The highest BCUT2D eigenvalue weighted by atomic mass is 19.1. The highest BCUT2D eigenvalue weighted by molar-refractivity contribution is 5.85. The molecule has 9 rings (SSSR count). The van der Waals surface area contributed by atoms with Crippen LogP contribution in [-0.2, 0) is 28.4 Å². The number of nitrogens with two attached hydrogens (primary N) is 3. The van der Waals surface area contributed by atoms with Crippen molar-refractivity contribution in [1.29, 1.82) is 0 Å². The Morgan fingerprint density at radius 2 is 1.06 bits per heavy atom. The fourth-order valence-electron chi connectivity index (χ4n) is 8.19. The third kappa shape index (κ3) is 8.73. The van der Waals surface area contributed by atoms with Gasteiger partial charge >= 0.3 is 0 Å². The van der Waals surface area contributed by atoms with Crippen molar-refractivity contribution in [2.24, 2.45) is 0 Å². The lowest BCUT2D eigenvalue weighted by molar-refractivity contribution is -0.0545. The number of ether oxygens (including phenoxy) is 6. The predicted octanol–water partition coefficient (Wildman–Crippen LogP) is 0.525. The van der Waals surface area contributed by atoms with Crippen LogP contribution in [0.5, 0.6) is 0 Å². The number of rotatable bonds is 12. The summed E-state index contributed by atoms with van der Waals surface area (Å²) in [6, 6.07) is 4.67. The first-order chi connectivity index (χ1) is 30.1. The number of fused-ring (bicyclic) bond motifs is 3. The number of anilines is 3. The van der Waals surface area contributed by atoms with Crippen LogP contribution in [0.25, 0.3) is 33.5 Å². The van der Waals surface area contributed by atoms with Crippen molar-refractivity contribution in [3.63, 3.8) is 0 Å². The van der Waals surface area contributed by atoms with Crippen LogP contribution in [0.2, 0.25) is 0 Å². The standard InChI is InChI=1S/C13H18FN5O2.C13H19N5O3.C13H19N5O2/c1-16-11-8(5-20-2)21-13(9(11)14)19-6-18-10-7(15)3-4-17-12(10)19;1-15-10-8(5-20-2)21-13(11(10)19)18-6-17-9-7(14)3-4-16-12(9)18;1-15-9-5-11(20-10(9)6-19-2)18-7-17-12-8(14)3-4-16-13(12)18/h3-4,6,8-9,11,13,16H,5H2,1-2H3,(H2,15,17);3-4,6,8,10-11,13,15,19H,5H2,1-2H3,(H2,14,16);3-4,7,9-11,15H,5-6H2,1-2H3,(H2,14,16)/t8-,9+,11-,13-;8-,10?,11?,13-;9-,10+,11+/m110/s1. The first kappa shape index (κ1) is 44.8. The summed E-state index contributed by atoms with van der Waals surface area (Å²) in [7, 11) is 10.3. The van der Waals surface area contributed by atoms with Gasteiger partial charge in [-0.25, -0.2) is 34.3 Å². The Morgan fingerprint density at radius 3 is 1.55 bits per heavy atom. The summed E-state index contributed by atoms with van der Waals surface area (Å²) in [4.78, 5) is 25.6. The number of methoxy groups -OCH3 is 3. The van der Waals surface area contributed by atoms with Gasteiger partial charge in [-0.15, -0.1) is 0 Å². The van der Waals surface area contributed by atoms with Gasteiger partial charge in [0.2, 0.25) is 0 Å². The number of aromatic nitrogens is 9. The second-order valence-corrected chi connectivity index (χ2v) is 15.0. The Bertz CT molecular complexity index is 2270. The van der Waals surface area contributed by atoms with E-state index in [1.807, 2.05) is 11.6 Å². The van der Waals surface area contributed by atoms with Crippen molar-refractivity contribution < 1.29 is 37.9 Å². The van der Waals surface area contributed by atoms with Crippen molar-refractivity contribution in [3.05, 3.63) is 55.8 Å². The number of imidazole rings is 3. The predicted molar refractivity (Wildman–Crippen MR) is 227 cm³/mol. The van der Waals surface area contributed by atoms with Crippen LogP contribution < -0.4 is 33.2 Å². The Morgan fingerprint density at radius 1 is 0.629 bits per heavy atom. The van der Waals surface area contributed by atoms with Gasteiger partial charge in [-0.3, -0.25) is 13.7 Å². The largest absolute Gasteiger partial charge is 0.397 e. The number of nitrogens with zero attached hydrogens (tertiary/aromatic N) is 9. The minimum absolute atomic E-state index is 0.0218. The summed E-state index contributed by atoms with van der Waals surface area (Å²) < 4.78 is 53.1. The van der Waals surface area contributed by atoms with E-state index in [1.54, 1.807) is 94.0 Å². The molecule has 0 spiro atoms. The fraction of sp³-hybridized carbons (Fsp3) is 0.538. The topological polar surface area (TPSA) is 282 Å². The second kappa shape index (κ2) is 19.9. The fourth-order valence-corrected chi connectivity index (χ4v) is 8.19. The molecular formula is C39H56FN15O7. The molecule has 0 aromatic carbocycles. The van der Waals surface area contributed by atoms with Gasteiger partial charge in [0.05, 0.1) is 74.1 Å². The first-order valence-electron chi connectivity index (χ1n) is 20.1. The summed E-state index contributed by atoms with van der Waals surface area (Å²) in [5.41, 5.74) is 23.0. The lowest BCUT2D eigenvalue weighted by atomic mass is 10.1. The Hall–Kier alpha value is -5.21. The monoisotopic (exact) mass is 865 g/mol. The molecule has 336 valence electrons. The average molecular weight is 866 g/mol. The molecule has 3 aliphatic rings. The lowest BCUT2D eigenvalue weighted by Crippen LogP contribution is -2.43. The smallest absolute Gasteiger partial charge is 0.170 e.